The van der Waals surface area contributed by atoms with Crippen molar-refractivity contribution in [1.82, 2.24) is 19.7 Å². The van der Waals surface area contributed by atoms with Gasteiger partial charge in [-0.3, -0.25) is 4.98 Å². The molecule has 4 aromatic rings. The molecule has 114 valence electrons. The Balaban J connectivity index is 1.54. The molecule has 0 radical (unpaired) electrons. The Labute approximate surface area is 137 Å². The number of aromatic nitrogens is 4. The van der Waals surface area contributed by atoms with Gasteiger partial charge >= 0.3 is 0 Å². The van der Waals surface area contributed by atoms with Gasteiger partial charge in [0.25, 0.3) is 0 Å². The van der Waals surface area contributed by atoms with Gasteiger partial charge in [0, 0.05) is 24.4 Å². The summed E-state index contributed by atoms with van der Waals surface area (Å²) in [7, 11) is 1.94. The van der Waals surface area contributed by atoms with E-state index in [9.17, 15) is 0 Å². The summed E-state index contributed by atoms with van der Waals surface area (Å²) in [4.78, 5) is 4.49. The Morgan fingerprint density at radius 3 is 2.91 bits per heavy atom. The van der Waals surface area contributed by atoms with Gasteiger partial charge in [-0.2, -0.15) is 0 Å². The lowest BCUT2D eigenvalue weighted by molar-refractivity contribution is 0.572. The Kier molecular flexibility index (Phi) is 3.59. The van der Waals surface area contributed by atoms with Gasteiger partial charge in [-0.25, -0.2) is 0 Å². The molecule has 0 unspecified atom stereocenters. The number of rotatable bonds is 4. The van der Waals surface area contributed by atoms with Gasteiger partial charge in [0.05, 0.1) is 11.8 Å². The number of pyridine rings is 1. The summed E-state index contributed by atoms with van der Waals surface area (Å²) < 4.78 is 7.32. The molecule has 0 saturated carbocycles. The zero-order chi connectivity index (χ0) is 15.6. The van der Waals surface area contributed by atoms with Crippen LogP contribution in [0.3, 0.4) is 0 Å². The SMILES string of the molecule is Cn1c(SCc2cnc3ccccc3c2)nnc1-c1ccco1. The number of nitrogens with zero attached hydrogens (tertiary/aromatic N) is 4. The van der Waals surface area contributed by atoms with Crippen LogP contribution in [-0.4, -0.2) is 19.7 Å². The number of furan rings is 1. The molecule has 3 heterocycles. The first-order valence-electron chi connectivity index (χ1n) is 7.21. The third kappa shape index (κ3) is 2.73. The molecule has 4 rings (SSSR count). The molecule has 0 aliphatic carbocycles. The van der Waals surface area contributed by atoms with Crippen LogP contribution in [0, 0.1) is 0 Å². The van der Waals surface area contributed by atoms with Gasteiger partial charge in [-0.15, -0.1) is 10.2 Å². The van der Waals surface area contributed by atoms with Crippen LogP contribution in [0.25, 0.3) is 22.5 Å². The van der Waals surface area contributed by atoms with Crippen LogP contribution in [0.1, 0.15) is 5.56 Å². The molecule has 0 spiro atoms. The highest BCUT2D eigenvalue weighted by atomic mass is 32.2. The maximum atomic E-state index is 5.38. The monoisotopic (exact) mass is 322 g/mol. The molecule has 0 aliphatic heterocycles. The normalized spacial score (nSPS) is 11.2. The first kappa shape index (κ1) is 14.0. The first-order valence-corrected chi connectivity index (χ1v) is 8.19. The highest BCUT2D eigenvalue weighted by molar-refractivity contribution is 7.98. The van der Waals surface area contributed by atoms with Crippen LogP contribution in [0.15, 0.2) is 64.5 Å². The third-order valence-corrected chi connectivity index (χ3v) is 4.68. The maximum Gasteiger partial charge on any atom is 0.200 e. The molecule has 0 aliphatic rings. The van der Waals surface area contributed by atoms with Crippen molar-refractivity contribution in [3.63, 3.8) is 0 Å². The lowest BCUT2D eigenvalue weighted by Gasteiger charge is -2.04. The maximum absolute atomic E-state index is 5.38. The summed E-state index contributed by atoms with van der Waals surface area (Å²) in [6.07, 6.45) is 3.55. The fraction of sp³-hybridized carbons (Fsp3) is 0.118. The van der Waals surface area contributed by atoms with Crippen molar-refractivity contribution in [1.29, 1.82) is 0 Å². The predicted octanol–water partition coefficient (Wildman–Crippen LogP) is 3.92. The minimum atomic E-state index is 0.722. The van der Waals surface area contributed by atoms with E-state index in [4.69, 9.17) is 4.42 Å². The van der Waals surface area contributed by atoms with Crippen molar-refractivity contribution in [2.75, 3.05) is 0 Å². The number of benzene rings is 1. The topological polar surface area (TPSA) is 56.7 Å². The van der Waals surface area contributed by atoms with Crippen molar-refractivity contribution >= 4 is 22.7 Å². The van der Waals surface area contributed by atoms with Crippen molar-refractivity contribution < 1.29 is 4.42 Å². The van der Waals surface area contributed by atoms with Gasteiger partial charge in [-0.05, 0) is 29.8 Å². The van der Waals surface area contributed by atoms with E-state index in [0.717, 1.165) is 39.0 Å². The highest BCUT2D eigenvalue weighted by Crippen LogP contribution is 2.26. The molecular formula is C17H14N4OS. The number of para-hydroxylation sites is 1. The highest BCUT2D eigenvalue weighted by Gasteiger charge is 2.13. The van der Waals surface area contributed by atoms with E-state index in [1.807, 2.05) is 48.1 Å². The first-order chi connectivity index (χ1) is 11.3. The molecule has 6 heteroatoms. The van der Waals surface area contributed by atoms with E-state index in [1.165, 1.54) is 0 Å². The largest absolute Gasteiger partial charge is 0.461 e. The van der Waals surface area contributed by atoms with Gasteiger partial charge in [0.15, 0.2) is 16.7 Å². The summed E-state index contributed by atoms with van der Waals surface area (Å²) in [5.74, 6) is 2.25. The molecule has 0 bridgehead atoms. The third-order valence-electron chi connectivity index (χ3n) is 3.59. The van der Waals surface area contributed by atoms with Gasteiger partial charge in [0.1, 0.15) is 0 Å². The molecule has 5 nitrogen and oxygen atoms in total. The van der Waals surface area contributed by atoms with Crippen LogP contribution in [0.5, 0.6) is 0 Å². The van der Waals surface area contributed by atoms with E-state index in [-0.39, 0.29) is 0 Å². The van der Waals surface area contributed by atoms with Gasteiger partial charge in [0.2, 0.25) is 0 Å². The summed E-state index contributed by atoms with van der Waals surface area (Å²) >= 11 is 1.63. The molecule has 0 fully saturated rings. The molecule has 0 saturated heterocycles. The standard InChI is InChI=1S/C17H14N4OS/c1-21-16(15-7-4-8-22-15)19-20-17(21)23-11-12-9-13-5-2-3-6-14(13)18-10-12/h2-10H,11H2,1H3. The number of fused-ring (bicyclic) bond motifs is 1. The van der Waals surface area contributed by atoms with Crippen LogP contribution < -0.4 is 0 Å². The lowest BCUT2D eigenvalue weighted by atomic mass is 10.2. The summed E-state index contributed by atoms with van der Waals surface area (Å²) in [6, 6.07) is 14.0. The van der Waals surface area contributed by atoms with Crippen molar-refractivity contribution in [2.45, 2.75) is 10.9 Å². The van der Waals surface area contributed by atoms with E-state index >= 15 is 0 Å². The minimum absolute atomic E-state index is 0.722. The van der Waals surface area contributed by atoms with E-state index in [0.29, 0.717) is 0 Å². The van der Waals surface area contributed by atoms with Crippen molar-refractivity contribution in [3.8, 4) is 11.6 Å². The number of thioether (sulfide) groups is 1. The molecule has 1 aromatic carbocycles. The second-order valence-electron chi connectivity index (χ2n) is 5.17. The minimum Gasteiger partial charge on any atom is -0.461 e. The van der Waals surface area contributed by atoms with Gasteiger partial charge in [-0.1, -0.05) is 30.0 Å². The molecule has 0 N–H and O–H groups in total. The van der Waals surface area contributed by atoms with E-state index in [1.54, 1.807) is 18.0 Å². The lowest BCUT2D eigenvalue weighted by Crippen LogP contribution is -1.94. The Hall–Kier alpha value is -2.60. The van der Waals surface area contributed by atoms with Crippen molar-refractivity contribution in [2.24, 2.45) is 7.05 Å². The Morgan fingerprint density at radius 2 is 2.04 bits per heavy atom. The van der Waals surface area contributed by atoms with E-state index < -0.39 is 0 Å². The van der Waals surface area contributed by atoms with Gasteiger partial charge < -0.3 is 8.98 Å². The zero-order valence-electron chi connectivity index (χ0n) is 12.5. The van der Waals surface area contributed by atoms with Crippen LogP contribution >= 0.6 is 11.8 Å². The number of hydrogen-bond donors (Lipinski definition) is 0. The molecule has 0 amide bonds. The second kappa shape index (κ2) is 5.89. The second-order valence-corrected chi connectivity index (χ2v) is 6.11. The summed E-state index contributed by atoms with van der Waals surface area (Å²) in [5.41, 5.74) is 2.18. The van der Waals surface area contributed by atoms with Crippen molar-refractivity contribution in [3.05, 3.63) is 60.5 Å². The molecule has 0 atom stereocenters. The fourth-order valence-electron chi connectivity index (χ4n) is 2.40. The predicted molar refractivity (Wildman–Crippen MR) is 90.0 cm³/mol. The van der Waals surface area contributed by atoms with E-state index in [2.05, 4.69) is 27.3 Å². The molecule has 3 aromatic heterocycles. The Morgan fingerprint density at radius 1 is 1.13 bits per heavy atom. The van der Waals surface area contributed by atoms with Crippen LogP contribution in [0.4, 0.5) is 0 Å². The fourth-order valence-corrected chi connectivity index (χ4v) is 3.24. The molecular weight excluding hydrogens is 308 g/mol. The zero-order valence-corrected chi connectivity index (χ0v) is 13.3. The average molecular weight is 322 g/mol. The Bertz CT molecular complexity index is 946. The van der Waals surface area contributed by atoms with Crippen LogP contribution in [0.2, 0.25) is 0 Å². The summed E-state index contributed by atoms with van der Waals surface area (Å²) in [6.45, 7) is 0. The number of hydrogen-bond acceptors (Lipinski definition) is 5. The summed E-state index contributed by atoms with van der Waals surface area (Å²) in [5, 5.41) is 10.5. The smallest absolute Gasteiger partial charge is 0.200 e. The van der Waals surface area contributed by atoms with Crippen LogP contribution in [-0.2, 0) is 12.8 Å². The molecule has 23 heavy (non-hydrogen) atoms. The quantitative estimate of drug-likeness (QED) is 0.533. The average Bonchev–Trinajstić information content (AvgIpc) is 3.22.